The number of ether oxygens (including phenoxy) is 2. The summed E-state index contributed by atoms with van der Waals surface area (Å²) in [6, 6.07) is 24.1. The highest BCUT2D eigenvalue weighted by atomic mass is 16.7. The fourth-order valence-electron chi connectivity index (χ4n) is 3.38. The van der Waals surface area contributed by atoms with Gasteiger partial charge in [-0.25, -0.2) is 9.59 Å². The van der Waals surface area contributed by atoms with Gasteiger partial charge in [0.05, 0.1) is 23.6 Å². The van der Waals surface area contributed by atoms with Gasteiger partial charge in [-0.3, -0.25) is 0 Å². The average Bonchev–Trinajstić information content (AvgIpc) is 3.11. The number of hydrogen-bond acceptors (Lipinski definition) is 10. The van der Waals surface area contributed by atoms with E-state index < -0.39 is 11.9 Å². The fraction of sp³-hybridized carbons (Fsp3) is 0.243. The second-order valence-corrected chi connectivity index (χ2v) is 9.93. The maximum absolute atomic E-state index is 12.2. The highest BCUT2D eigenvalue weighted by molar-refractivity contribution is 5.91. The second kappa shape index (κ2) is 21.3. The van der Waals surface area contributed by atoms with E-state index in [0.717, 1.165) is 19.6 Å². The van der Waals surface area contributed by atoms with Crippen LogP contribution in [0.4, 0.5) is 0 Å². The summed E-state index contributed by atoms with van der Waals surface area (Å²) in [5.74, 6) is -0.442. The quantitative estimate of drug-likeness (QED) is 0.0415. The first kappa shape index (κ1) is 37.7. The molecule has 248 valence electrons. The van der Waals surface area contributed by atoms with E-state index in [-0.39, 0.29) is 6.79 Å². The topological polar surface area (TPSA) is 102 Å². The van der Waals surface area contributed by atoms with Crippen LogP contribution in [0.5, 0.6) is 5.75 Å². The number of allylic oxidation sites excluding steroid dienone is 2. The Morgan fingerprint density at radius 2 is 1.28 bits per heavy atom. The van der Waals surface area contributed by atoms with E-state index >= 15 is 0 Å². The zero-order chi connectivity index (χ0) is 34.4. The fourth-order valence-corrected chi connectivity index (χ4v) is 3.38. The summed E-state index contributed by atoms with van der Waals surface area (Å²) in [4.78, 5) is 38.4. The first-order chi connectivity index (χ1) is 22.7. The molecule has 0 saturated carbocycles. The molecule has 0 radical (unpaired) electrons. The van der Waals surface area contributed by atoms with E-state index in [1.54, 1.807) is 91.0 Å². The zero-order valence-electron chi connectivity index (χ0n) is 27.8. The van der Waals surface area contributed by atoms with Gasteiger partial charge < -0.3 is 28.9 Å². The molecule has 0 saturated heterocycles. The third-order valence-electron chi connectivity index (χ3n) is 6.70. The van der Waals surface area contributed by atoms with Gasteiger partial charge in [0.2, 0.25) is 6.79 Å². The smallest absolute Gasteiger partial charge is 0.365 e. The van der Waals surface area contributed by atoms with Crippen LogP contribution < -0.4 is 4.74 Å². The molecule has 3 aromatic rings. The van der Waals surface area contributed by atoms with E-state index in [9.17, 15) is 9.59 Å². The van der Waals surface area contributed by atoms with Crippen LogP contribution in [0.3, 0.4) is 0 Å². The van der Waals surface area contributed by atoms with Gasteiger partial charge in [0, 0.05) is 36.5 Å². The molecule has 0 spiro atoms. The van der Waals surface area contributed by atoms with Gasteiger partial charge in [-0.1, -0.05) is 85.8 Å². The van der Waals surface area contributed by atoms with Crippen LogP contribution in [0.2, 0.25) is 0 Å². The van der Waals surface area contributed by atoms with Crippen molar-refractivity contribution in [2.45, 2.75) is 20.8 Å². The van der Waals surface area contributed by atoms with Crippen molar-refractivity contribution in [3.05, 3.63) is 138 Å². The van der Waals surface area contributed by atoms with Crippen LogP contribution in [0.15, 0.2) is 132 Å². The molecule has 0 unspecified atom stereocenters. The van der Waals surface area contributed by atoms with Gasteiger partial charge in [-0.05, 0) is 63.5 Å². The minimum atomic E-state index is -0.604. The minimum Gasteiger partial charge on any atom is -0.457 e. The van der Waals surface area contributed by atoms with Gasteiger partial charge in [0.1, 0.15) is 11.5 Å². The van der Waals surface area contributed by atoms with Crippen LogP contribution in [0.25, 0.3) is 0 Å². The molecule has 0 aliphatic carbocycles. The first-order valence-corrected chi connectivity index (χ1v) is 15.1. The second-order valence-electron chi connectivity index (χ2n) is 9.93. The molecule has 0 aromatic heterocycles. The Kier molecular flexibility index (Phi) is 17.1. The zero-order valence-corrected chi connectivity index (χ0v) is 27.8. The Morgan fingerprint density at radius 1 is 0.745 bits per heavy atom. The molecule has 0 heterocycles. The van der Waals surface area contributed by atoms with Crippen LogP contribution in [0, 0.1) is 0 Å². The summed E-state index contributed by atoms with van der Waals surface area (Å²) in [6.45, 7) is 17.1. The highest BCUT2D eigenvalue weighted by Crippen LogP contribution is 2.18. The lowest BCUT2D eigenvalue weighted by Crippen LogP contribution is -2.16. The highest BCUT2D eigenvalue weighted by Gasteiger charge is 2.10. The van der Waals surface area contributed by atoms with E-state index in [2.05, 4.69) is 49.3 Å². The summed E-state index contributed by atoms with van der Waals surface area (Å²) >= 11 is 0. The van der Waals surface area contributed by atoms with Gasteiger partial charge in [-0.2, -0.15) is 0 Å². The minimum absolute atomic E-state index is 0.208. The maximum atomic E-state index is 12.2. The Labute approximate surface area is 277 Å². The summed E-state index contributed by atoms with van der Waals surface area (Å²) in [6.07, 6.45) is 4.32. The van der Waals surface area contributed by atoms with Crippen molar-refractivity contribution < 1.29 is 28.7 Å². The largest absolute Gasteiger partial charge is 0.457 e. The van der Waals surface area contributed by atoms with Crippen molar-refractivity contribution in [1.82, 2.24) is 9.80 Å². The molecule has 0 bridgehead atoms. The van der Waals surface area contributed by atoms with E-state index in [4.69, 9.17) is 19.1 Å². The molecule has 0 N–H and O–H groups in total. The van der Waals surface area contributed by atoms with Gasteiger partial charge in [0.25, 0.3) is 0 Å². The lowest BCUT2D eigenvalue weighted by atomic mass is 10.2. The molecule has 0 amide bonds. The van der Waals surface area contributed by atoms with E-state index in [1.165, 1.54) is 12.4 Å². The first-order valence-electron chi connectivity index (χ1n) is 15.1. The molecule has 0 fully saturated rings. The van der Waals surface area contributed by atoms with Crippen molar-refractivity contribution in [2.75, 3.05) is 40.5 Å². The molecule has 0 aliphatic heterocycles. The van der Waals surface area contributed by atoms with Crippen LogP contribution in [-0.2, 0) is 14.4 Å². The molecule has 0 aliphatic rings. The monoisotopic (exact) mass is 640 g/mol. The Balaban J connectivity index is 0.00000117. The summed E-state index contributed by atoms with van der Waals surface area (Å²) in [7, 11) is 3.99. The molecular weight excluding hydrogens is 596 g/mol. The average molecular weight is 641 g/mol. The number of carbonyl (C=O) groups is 2. The number of hydrogen-bond donors (Lipinski definition) is 0. The predicted molar refractivity (Wildman–Crippen MR) is 186 cm³/mol. The van der Waals surface area contributed by atoms with Crippen molar-refractivity contribution in [3.63, 3.8) is 0 Å². The number of carbonyl (C=O) groups excluding carboxylic acids is 2. The maximum Gasteiger partial charge on any atom is 0.365 e. The number of nitrogens with zero attached hydrogens (tertiary/aromatic N) is 4. The molecular formula is C37H44N4O6. The normalized spacial score (nSPS) is 11.1. The molecule has 0 atom stereocenters. The number of oxime groups is 2. The SMILES string of the molecule is C=C(/C=N/OC(=O)c1ccccc1)/C(=C\C(=C)N(C)CC)OCOc1ccccc1/C=N/OC(=O)c1ccccc1.CCN(C)CC. The third-order valence-corrected chi connectivity index (χ3v) is 6.70. The summed E-state index contributed by atoms with van der Waals surface area (Å²) in [5, 5.41) is 7.54. The Hall–Kier alpha value is -5.48. The number of rotatable bonds is 16. The molecule has 3 rings (SSSR count). The van der Waals surface area contributed by atoms with Crippen molar-refractivity contribution in [1.29, 1.82) is 0 Å². The summed E-state index contributed by atoms with van der Waals surface area (Å²) < 4.78 is 11.7. The van der Waals surface area contributed by atoms with Crippen molar-refractivity contribution >= 4 is 24.4 Å². The van der Waals surface area contributed by atoms with Crippen LogP contribution >= 0.6 is 0 Å². The Morgan fingerprint density at radius 3 is 1.81 bits per heavy atom. The standard InChI is InChI=1S/C32H31N3O6.C5H13N/c1-5-35(4)25(3)20-30(24(2)21-33-40-31(36)26-14-8-6-9-15-26)39-23-38-29-19-13-12-18-28(29)22-34-41-32(37)27-16-10-7-11-17-27;1-4-6(3)5-2/h6-22H,2-3,5,23H2,1,4H3;4-5H2,1-3H3/b30-20+,33-21+,34-22+;. The van der Waals surface area contributed by atoms with Crippen molar-refractivity contribution in [3.8, 4) is 5.75 Å². The Bertz CT molecular complexity index is 1520. The number of benzene rings is 3. The summed E-state index contributed by atoms with van der Waals surface area (Å²) in [5.41, 5.74) is 2.29. The molecule has 10 nitrogen and oxygen atoms in total. The van der Waals surface area contributed by atoms with E-state index in [1.807, 2.05) is 18.9 Å². The lowest BCUT2D eigenvalue weighted by molar-refractivity contribution is 0.0510. The predicted octanol–water partition coefficient (Wildman–Crippen LogP) is 6.94. The van der Waals surface area contributed by atoms with Crippen molar-refractivity contribution in [2.24, 2.45) is 10.3 Å². The molecule has 10 heteroatoms. The van der Waals surface area contributed by atoms with Gasteiger partial charge in [-0.15, -0.1) is 0 Å². The van der Waals surface area contributed by atoms with Crippen LogP contribution in [0.1, 0.15) is 47.1 Å². The van der Waals surface area contributed by atoms with Gasteiger partial charge >= 0.3 is 11.9 Å². The van der Waals surface area contributed by atoms with Gasteiger partial charge in [0.15, 0.2) is 0 Å². The lowest BCUT2D eigenvalue weighted by Gasteiger charge is -2.19. The molecule has 3 aromatic carbocycles. The van der Waals surface area contributed by atoms with E-state index in [0.29, 0.717) is 39.5 Å². The van der Waals surface area contributed by atoms with Crippen LogP contribution in [-0.4, -0.2) is 74.7 Å². The molecule has 47 heavy (non-hydrogen) atoms. The number of para-hydroxylation sites is 1. The third kappa shape index (κ3) is 14.0. The number of likely N-dealkylation sites (N-methyl/N-ethyl adjacent to an activating group) is 1.